The maximum Gasteiger partial charge on any atom is 0.251 e. The third kappa shape index (κ3) is 5.93. The van der Waals surface area contributed by atoms with E-state index in [-0.39, 0.29) is 24.0 Å². The van der Waals surface area contributed by atoms with Gasteiger partial charge in [-0.25, -0.2) is 13.1 Å². The average Bonchev–Trinajstić information content (AvgIpc) is 2.63. The number of carbonyl (C=O) groups is 1. The molecular weight excluding hydrogens is 352 g/mol. The summed E-state index contributed by atoms with van der Waals surface area (Å²) in [4.78, 5) is 12.6. The highest BCUT2D eigenvalue weighted by molar-refractivity contribution is 7.89. The van der Waals surface area contributed by atoms with E-state index in [0.29, 0.717) is 12.1 Å². The smallest absolute Gasteiger partial charge is 0.251 e. The van der Waals surface area contributed by atoms with E-state index >= 15 is 0 Å². The molecule has 6 nitrogen and oxygen atoms in total. The normalized spacial score (nSPS) is 14.8. The van der Waals surface area contributed by atoms with Gasteiger partial charge in [-0.05, 0) is 56.7 Å². The van der Waals surface area contributed by atoms with Crippen LogP contribution in [0.15, 0.2) is 34.7 Å². The first-order valence-electron chi connectivity index (χ1n) is 8.99. The number of rotatable bonds is 9. The van der Waals surface area contributed by atoms with Gasteiger partial charge in [-0.3, -0.25) is 4.79 Å². The van der Waals surface area contributed by atoms with Gasteiger partial charge in [0.05, 0.1) is 11.5 Å². The summed E-state index contributed by atoms with van der Waals surface area (Å²) in [5, 5.41) is 2.90. The molecule has 2 N–H and O–H groups in total. The number of carbonyl (C=O) groups excluding carboxylic acids is 1. The van der Waals surface area contributed by atoms with Crippen molar-refractivity contribution in [1.29, 1.82) is 0 Å². The van der Waals surface area contributed by atoms with E-state index in [1.54, 1.807) is 13.0 Å². The van der Waals surface area contributed by atoms with Gasteiger partial charge in [-0.15, -0.1) is 0 Å². The lowest BCUT2D eigenvalue weighted by atomic mass is 9.97. The van der Waals surface area contributed by atoms with Gasteiger partial charge >= 0.3 is 0 Å². The van der Waals surface area contributed by atoms with Crippen molar-refractivity contribution in [2.45, 2.75) is 43.9 Å². The number of ether oxygens (including phenoxy) is 1. The van der Waals surface area contributed by atoms with Crippen LogP contribution in [0.25, 0.3) is 0 Å². The topological polar surface area (TPSA) is 84.5 Å². The molecule has 1 aromatic carbocycles. The second kappa shape index (κ2) is 9.85. The highest BCUT2D eigenvalue weighted by Gasteiger charge is 2.17. The molecule has 2 rings (SSSR count). The molecule has 0 spiro atoms. The van der Waals surface area contributed by atoms with Gasteiger partial charge in [-0.1, -0.05) is 17.7 Å². The number of hydrogen-bond acceptors (Lipinski definition) is 4. The number of aryl methyl sites for hydroxylation is 1. The SMILES string of the molecule is COCCNS(=O)(=O)c1ccc(C)c(C(=O)NCCC2=CCCCC2)c1. The largest absolute Gasteiger partial charge is 0.383 e. The van der Waals surface area contributed by atoms with Gasteiger partial charge in [0.25, 0.3) is 5.91 Å². The molecular formula is C19H28N2O4S. The Morgan fingerprint density at radius 3 is 2.73 bits per heavy atom. The minimum atomic E-state index is -3.66. The van der Waals surface area contributed by atoms with Crippen LogP contribution in [-0.4, -0.2) is 41.1 Å². The van der Waals surface area contributed by atoms with Crippen molar-refractivity contribution in [3.05, 3.63) is 41.0 Å². The van der Waals surface area contributed by atoms with Crippen LogP contribution in [0.1, 0.15) is 48.0 Å². The molecule has 0 saturated carbocycles. The zero-order valence-corrected chi connectivity index (χ0v) is 16.3. The predicted molar refractivity (Wildman–Crippen MR) is 102 cm³/mol. The molecule has 1 aromatic rings. The van der Waals surface area contributed by atoms with Crippen LogP contribution in [0.2, 0.25) is 0 Å². The molecule has 0 radical (unpaired) electrons. The van der Waals surface area contributed by atoms with E-state index in [0.717, 1.165) is 24.8 Å². The van der Waals surface area contributed by atoms with Gasteiger partial charge in [0.1, 0.15) is 0 Å². The van der Waals surface area contributed by atoms with Crippen LogP contribution in [0.5, 0.6) is 0 Å². The first-order valence-corrected chi connectivity index (χ1v) is 10.5. The maximum absolute atomic E-state index is 12.5. The van der Waals surface area contributed by atoms with Crippen molar-refractivity contribution in [3.8, 4) is 0 Å². The fourth-order valence-electron chi connectivity index (χ4n) is 2.94. The zero-order valence-electron chi connectivity index (χ0n) is 15.5. The van der Waals surface area contributed by atoms with Crippen LogP contribution in [0, 0.1) is 6.92 Å². The Kier molecular flexibility index (Phi) is 7.81. The quantitative estimate of drug-likeness (QED) is 0.509. The Balaban J connectivity index is 2.01. The van der Waals surface area contributed by atoms with E-state index in [9.17, 15) is 13.2 Å². The fraction of sp³-hybridized carbons (Fsp3) is 0.526. The maximum atomic E-state index is 12.5. The number of nitrogens with one attached hydrogen (secondary N) is 2. The number of methoxy groups -OCH3 is 1. The van der Waals surface area contributed by atoms with Gasteiger partial charge in [0.2, 0.25) is 10.0 Å². The van der Waals surface area contributed by atoms with Crippen molar-refractivity contribution in [2.24, 2.45) is 0 Å². The molecule has 1 aliphatic carbocycles. The average molecular weight is 381 g/mol. The summed E-state index contributed by atoms with van der Waals surface area (Å²) in [6.45, 7) is 2.83. The summed E-state index contributed by atoms with van der Waals surface area (Å²) in [7, 11) is -2.16. The van der Waals surface area contributed by atoms with Crippen LogP contribution in [0.3, 0.4) is 0 Å². The molecule has 0 aliphatic heterocycles. The third-order valence-electron chi connectivity index (χ3n) is 4.48. The molecule has 1 amide bonds. The van der Waals surface area contributed by atoms with Crippen molar-refractivity contribution < 1.29 is 17.9 Å². The standard InChI is InChI=1S/C19H28N2O4S/c1-15-8-9-17(26(23,24)21-12-13-25-2)14-18(15)19(22)20-11-10-16-6-4-3-5-7-16/h6,8-9,14,21H,3-5,7,10-13H2,1-2H3,(H,20,22). The molecule has 0 aromatic heterocycles. The first kappa shape index (κ1) is 20.6. The summed E-state index contributed by atoms with van der Waals surface area (Å²) in [6.07, 6.45) is 7.80. The second-order valence-corrected chi connectivity index (χ2v) is 8.25. The van der Waals surface area contributed by atoms with Crippen molar-refractivity contribution in [3.63, 3.8) is 0 Å². The third-order valence-corrected chi connectivity index (χ3v) is 5.94. The lowest BCUT2D eigenvalue weighted by molar-refractivity contribution is 0.0953. The van der Waals surface area contributed by atoms with Crippen LogP contribution in [0.4, 0.5) is 0 Å². The molecule has 0 saturated heterocycles. The van der Waals surface area contributed by atoms with Gasteiger partial charge in [0, 0.05) is 25.8 Å². The lowest BCUT2D eigenvalue weighted by Gasteiger charge is -2.14. The molecule has 0 fully saturated rings. The number of benzene rings is 1. The molecule has 26 heavy (non-hydrogen) atoms. The Morgan fingerprint density at radius 2 is 2.04 bits per heavy atom. The molecule has 144 valence electrons. The summed E-state index contributed by atoms with van der Waals surface area (Å²) < 4.78 is 31.9. The molecule has 7 heteroatoms. The molecule has 0 unspecified atom stereocenters. The Labute approximate surface area is 156 Å². The molecule has 0 bridgehead atoms. The van der Waals surface area contributed by atoms with Crippen LogP contribution >= 0.6 is 0 Å². The molecule has 0 heterocycles. The van der Waals surface area contributed by atoms with Crippen LogP contribution in [-0.2, 0) is 14.8 Å². The Bertz CT molecular complexity index is 757. The van der Waals surface area contributed by atoms with E-state index < -0.39 is 10.0 Å². The Hall–Kier alpha value is -1.70. The van der Waals surface area contributed by atoms with E-state index in [2.05, 4.69) is 16.1 Å². The number of allylic oxidation sites excluding steroid dienone is 1. The van der Waals surface area contributed by atoms with Crippen molar-refractivity contribution in [1.82, 2.24) is 10.0 Å². The highest BCUT2D eigenvalue weighted by atomic mass is 32.2. The summed E-state index contributed by atoms with van der Waals surface area (Å²) in [5.74, 6) is -0.243. The van der Waals surface area contributed by atoms with Crippen molar-refractivity contribution in [2.75, 3.05) is 26.8 Å². The van der Waals surface area contributed by atoms with E-state index in [1.165, 1.54) is 37.7 Å². The number of amides is 1. The summed E-state index contributed by atoms with van der Waals surface area (Å²) in [6, 6.07) is 4.59. The van der Waals surface area contributed by atoms with Gasteiger partial charge in [-0.2, -0.15) is 0 Å². The van der Waals surface area contributed by atoms with Crippen LogP contribution < -0.4 is 10.0 Å². The first-order chi connectivity index (χ1) is 12.4. The fourth-order valence-corrected chi connectivity index (χ4v) is 3.98. The van der Waals surface area contributed by atoms with E-state index in [1.807, 2.05) is 0 Å². The number of sulfonamides is 1. The molecule has 1 aliphatic rings. The predicted octanol–water partition coefficient (Wildman–Crippen LogP) is 2.54. The van der Waals surface area contributed by atoms with Gasteiger partial charge in [0.15, 0.2) is 0 Å². The lowest BCUT2D eigenvalue weighted by Crippen LogP contribution is -2.28. The summed E-state index contributed by atoms with van der Waals surface area (Å²) >= 11 is 0. The molecule has 0 atom stereocenters. The minimum absolute atomic E-state index is 0.0827. The van der Waals surface area contributed by atoms with Crippen molar-refractivity contribution >= 4 is 15.9 Å². The van der Waals surface area contributed by atoms with E-state index in [4.69, 9.17) is 4.74 Å². The zero-order chi connectivity index (χ0) is 19.0. The summed E-state index contributed by atoms with van der Waals surface area (Å²) in [5.41, 5.74) is 2.53. The Morgan fingerprint density at radius 1 is 1.23 bits per heavy atom. The second-order valence-electron chi connectivity index (χ2n) is 6.48. The van der Waals surface area contributed by atoms with Gasteiger partial charge < -0.3 is 10.1 Å². The monoisotopic (exact) mass is 380 g/mol. The highest BCUT2D eigenvalue weighted by Crippen LogP contribution is 2.20. The number of hydrogen-bond donors (Lipinski definition) is 2. The minimum Gasteiger partial charge on any atom is -0.383 e.